The molecule has 1 aromatic rings. The monoisotopic (exact) mass is 346 g/mol. The summed E-state index contributed by atoms with van der Waals surface area (Å²) in [6.07, 6.45) is 0. The first kappa shape index (κ1) is 17.7. The third-order valence-corrected chi connectivity index (χ3v) is 5.66. The van der Waals surface area contributed by atoms with Gasteiger partial charge < -0.3 is 10.2 Å². The first-order valence-electron chi connectivity index (χ1n) is 5.73. The van der Waals surface area contributed by atoms with E-state index in [9.17, 15) is 19.8 Å². The fourth-order valence-electron chi connectivity index (χ4n) is 1.26. The highest BCUT2D eigenvalue weighted by Crippen LogP contribution is 2.37. The average molecular weight is 346 g/mol. The lowest BCUT2D eigenvalue weighted by atomic mass is 10.4. The summed E-state index contributed by atoms with van der Waals surface area (Å²) in [7, 11) is 0. The number of thioether (sulfide) groups is 2. The van der Waals surface area contributed by atoms with Crippen molar-refractivity contribution < 1.29 is 19.8 Å². The molecule has 0 unspecified atom stereocenters. The number of aliphatic hydroxyl groups is 2. The van der Waals surface area contributed by atoms with E-state index in [1.807, 2.05) is 0 Å². The van der Waals surface area contributed by atoms with E-state index in [0.717, 1.165) is 23.5 Å². The van der Waals surface area contributed by atoms with Crippen LogP contribution in [0.4, 0.5) is 0 Å². The second-order valence-electron chi connectivity index (χ2n) is 3.98. The first-order valence-corrected chi connectivity index (χ1v) is 8.18. The zero-order chi connectivity index (χ0) is 16.2. The van der Waals surface area contributed by atoms with Crippen molar-refractivity contribution in [3.8, 4) is 0 Å². The molecule has 1 rings (SSSR count). The van der Waals surface area contributed by atoms with E-state index in [1.54, 1.807) is 0 Å². The number of carbonyl (C=O) groups is 2. The molecule has 1 heterocycles. The van der Waals surface area contributed by atoms with Gasteiger partial charge in [-0.1, -0.05) is 11.3 Å². The van der Waals surface area contributed by atoms with Gasteiger partial charge in [-0.05, 0) is 51.2 Å². The molecule has 2 N–H and O–H groups in total. The Morgan fingerprint density at radius 1 is 0.857 bits per heavy atom. The van der Waals surface area contributed by atoms with E-state index in [2.05, 4.69) is 10.2 Å². The van der Waals surface area contributed by atoms with Crippen molar-refractivity contribution in [2.24, 2.45) is 0 Å². The Bertz CT molecular complexity index is 574. The van der Waals surface area contributed by atoms with Crippen LogP contribution in [-0.2, 0) is 9.59 Å². The van der Waals surface area contributed by atoms with Crippen molar-refractivity contribution in [3.63, 3.8) is 0 Å². The lowest BCUT2D eigenvalue weighted by Gasteiger charge is -2.01. The molecule has 0 aromatic carbocycles. The molecule has 114 valence electrons. The van der Waals surface area contributed by atoms with Crippen LogP contribution in [0.2, 0.25) is 0 Å². The number of aromatic nitrogens is 2. The molecular weight excluding hydrogens is 332 g/mol. The molecular formula is C12H14N2O4S3. The Morgan fingerprint density at radius 3 is 1.43 bits per heavy atom. The van der Waals surface area contributed by atoms with Gasteiger partial charge in [0, 0.05) is 0 Å². The van der Waals surface area contributed by atoms with Gasteiger partial charge in [0.05, 0.1) is 9.81 Å². The van der Waals surface area contributed by atoms with Crippen LogP contribution < -0.4 is 0 Å². The van der Waals surface area contributed by atoms with Crippen LogP contribution in [0.15, 0.2) is 30.0 Å². The van der Waals surface area contributed by atoms with Crippen LogP contribution in [0.3, 0.4) is 0 Å². The van der Waals surface area contributed by atoms with Crippen molar-refractivity contribution in [3.05, 3.63) is 21.3 Å². The number of allylic oxidation sites excluding steroid dienone is 4. The summed E-state index contributed by atoms with van der Waals surface area (Å²) in [5.74, 6) is -0.681. The number of hydrogen-bond acceptors (Lipinski definition) is 9. The third kappa shape index (κ3) is 5.18. The smallest absolute Gasteiger partial charge is 0.180 e. The standard InChI is InChI=1S/C12H14N2O4S3/c1-5(15)9(6(2)16)19-11-13-14-12(21-11)20-10(7(3)17)8(4)18/h15,17H,1-4H3/b9-5+,10-7+. The van der Waals surface area contributed by atoms with Crippen LogP contribution in [-0.4, -0.2) is 32.0 Å². The zero-order valence-electron chi connectivity index (χ0n) is 11.8. The molecule has 21 heavy (non-hydrogen) atoms. The van der Waals surface area contributed by atoms with Crippen LogP contribution >= 0.6 is 34.9 Å². The summed E-state index contributed by atoms with van der Waals surface area (Å²) in [5.41, 5.74) is 0. The highest BCUT2D eigenvalue weighted by Gasteiger charge is 2.17. The Labute approximate surface area is 134 Å². The Balaban J connectivity index is 2.93. The lowest BCUT2D eigenvalue weighted by molar-refractivity contribution is -0.114. The summed E-state index contributed by atoms with van der Waals surface area (Å²) >= 11 is 3.20. The molecule has 0 aliphatic carbocycles. The lowest BCUT2D eigenvalue weighted by Crippen LogP contribution is -1.95. The summed E-state index contributed by atoms with van der Waals surface area (Å²) in [6.45, 7) is 5.55. The predicted octanol–water partition coefficient (Wildman–Crippen LogP) is 3.48. The summed E-state index contributed by atoms with van der Waals surface area (Å²) in [6, 6.07) is 0. The van der Waals surface area contributed by atoms with E-state index >= 15 is 0 Å². The molecule has 0 saturated heterocycles. The van der Waals surface area contributed by atoms with E-state index in [-0.39, 0.29) is 32.9 Å². The molecule has 0 aliphatic rings. The van der Waals surface area contributed by atoms with E-state index in [1.165, 1.54) is 39.0 Å². The van der Waals surface area contributed by atoms with Crippen molar-refractivity contribution >= 4 is 46.4 Å². The molecule has 0 fully saturated rings. The second-order valence-corrected chi connectivity index (χ2v) is 7.47. The largest absolute Gasteiger partial charge is 0.511 e. The molecule has 0 radical (unpaired) electrons. The zero-order valence-corrected chi connectivity index (χ0v) is 14.3. The van der Waals surface area contributed by atoms with Crippen LogP contribution in [0.5, 0.6) is 0 Å². The fourth-order valence-corrected chi connectivity index (χ4v) is 4.13. The van der Waals surface area contributed by atoms with Gasteiger partial charge in [0.2, 0.25) is 0 Å². The summed E-state index contributed by atoms with van der Waals surface area (Å²) < 4.78 is 0.934. The van der Waals surface area contributed by atoms with Gasteiger partial charge in [0.25, 0.3) is 0 Å². The van der Waals surface area contributed by atoms with Gasteiger partial charge in [-0.3, -0.25) is 9.59 Å². The van der Waals surface area contributed by atoms with Gasteiger partial charge in [0.15, 0.2) is 20.2 Å². The van der Waals surface area contributed by atoms with E-state index < -0.39 is 0 Å². The maximum atomic E-state index is 11.4. The second kappa shape index (κ2) is 7.62. The van der Waals surface area contributed by atoms with Crippen LogP contribution in [0.1, 0.15) is 27.7 Å². The van der Waals surface area contributed by atoms with Gasteiger partial charge in [-0.15, -0.1) is 10.2 Å². The number of aliphatic hydroxyl groups excluding tert-OH is 2. The maximum absolute atomic E-state index is 11.4. The SMILES string of the molecule is CC(=O)/C(Sc1nnc(S/C(C(C)=O)=C(\C)O)s1)=C(/C)O. The highest BCUT2D eigenvalue weighted by molar-refractivity contribution is 8.07. The minimum atomic E-state index is -0.264. The van der Waals surface area contributed by atoms with Crippen molar-refractivity contribution in [1.82, 2.24) is 10.2 Å². The number of ketones is 2. The number of carbonyl (C=O) groups excluding carboxylic acids is 2. The molecule has 0 amide bonds. The van der Waals surface area contributed by atoms with Crippen molar-refractivity contribution in [2.75, 3.05) is 0 Å². The number of hydrogen-bond donors (Lipinski definition) is 2. The summed E-state index contributed by atoms with van der Waals surface area (Å²) in [5, 5.41) is 26.7. The number of Topliss-reactive ketones (excluding diaryl/α,β-unsaturated/α-hetero) is 2. The normalized spacial score (nSPS) is 13.5. The topological polar surface area (TPSA) is 100 Å². The van der Waals surface area contributed by atoms with Gasteiger partial charge in [-0.25, -0.2) is 0 Å². The third-order valence-electron chi connectivity index (χ3n) is 2.06. The maximum Gasteiger partial charge on any atom is 0.180 e. The fraction of sp³-hybridized carbons (Fsp3) is 0.333. The van der Waals surface area contributed by atoms with E-state index in [4.69, 9.17) is 0 Å². The first-order chi connectivity index (χ1) is 9.72. The molecule has 0 saturated carbocycles. The van der Waals surface area contributed by atoms with E-state index in [0.29, 0.717) is 8.68 Å². The molecule has 6 nitrogen and oxygen atoms in total. The van der Waals surface area contributed by atoms with Gasteiger partial charge in [0.1, 0.15) is 11.5 Å². The minimum absolute atomic E-state index is 0.0765. The molecule has 0 spiro atoms. The summed E-state index contributed by atoms with van der Waals surface area (Å²) in [4.78, 5) is 23.2. The quantitative estimate of drug-likeness (QED) is 0.459. The Hall–Kier alpha value is -1.32. The Morgan fingerprint density at radius 2 is 1.19 bits per heavy atom. The molecule has 1 aromatic heterocycles. The predicted molar refractivity (Wildman–Crippen MR) is 83.6 cm³/mol. The van der Waals surface area contributed by atoms with Gasteiger partial charge >= 0.3 is 0 Å². The Kier molecular flexibility index (Phi) is 6.43. The van der Waals surface area contributed by atoms with Gasteiger partial charge in [-0.2, -0.15) is 0 Å². The molecule has 0 atom stereocenters. The van der Waals surface area contributed by atoms with Crippen molar-refractivity contribution in [2.45, 2.75) is 36.4 Å². The van der Waals surface area contributed by atoms with Crippen molar-refractivity contribution in [1.29, 1.82) is 0 Å². The molecule has 0 aliphatic heterocycles. The average Bonchev–Trinajstić information content (AvgIpc) is 2.79. The highest BCUT2D eigenvalue weighted by atomic mass is 32.2. The number of rotatable bonds is 6. The van der Waals surface area contributed by atoms with Crippen LogP contribution in [0.25, 0.3) is 0 Å². The van der Waals surface area contributed by atoms with Crippen LogP contribution in [0, 0.1) is 0 Å². The molecule has 9 heteroatoms. The molecule has 0 bridgehead atoms. The number of nitrogens with zero attached hydrogens (tertiary/aromatic N) is 2. The minimum Gasteiger partial charge on any atom is -0.511 e.